The molecule has 2 aromatic rings. The number of aromatic carboxylic acids is 1. The van der Waals surface area contributed by atoms with Gasteiger partial charge in [-0.1, -0.05) is 6.07 Å². The molecule has 1 aromatic heterocycles. The largest absolute Gasteiger partial charge is 0.478 e. The molecule has 5 nitrogen and oxygen atoms in total. The van der Waals surface area contributed by atoms with Gasteiger partial charge < -0.3 is 21.1 Å². The highest BCUT2D eigenvalue weighted by molar-refractivity contribution is 6.05. The number of hydrogen-bond donors (Lipinski definition) is 3. The lowest BCUT2D eigenvalue weighted by molar-refractivity contribution is 0.0699. The quantitative estimate of drug-likeness (QED) is 0.744. The van der Waals surface area contributed by atoms with E-state index < -0.39 is 5.97 Å². The number of nitrogens with two attached hydrogens (primary N) is 2. The van der Waals surface area contributed by atoms with E-state index in [1.54, 1.807) is 12.1 Å². The number of aryl methyl sites for hydroxylation is 1. The van der Waals surface area contributed by atoms with Gasteiger partial charge in [0, 0.05) is 29.7 Å². The number of carboxylic acid groups (broad SMARTS) is 1. The molecule has 1 heterocycles. The van der Waals surface area contributed by atoms with E-state index in [9.17, 15) is 9.90 Å². The van der Waals surface area contributed by atoms with E-state index in [0.29, 0.717) is 25.2 Å². The lowest BCUT2D eigenvalue weighted by Crippen LogP contribution is -2.11. The van der Waals surface area contributed by atoms with Crippen molar-refractivity contribution in [3.05, 3.63) is 35.0 Å². The summed E-state index contributed by atoms with van der Waals surface area (Å²) in [6.45, 7) is 3.83. The smallest absolute Gasteiger partial charge is 0.336 e. The molecular formula is C15H21N3O2. The van der Waals surface area contributed by atoms with Crippen molar-refractivity contribution in [2.24, 2.45) is 11.5 Å². The number of rotatable bonds is 6. The molecular weight excluding hydrogens is 254 g/mol. The van der Waals surface area contributed by atoms with Gasteiger partial charge in [-0.2, -0.15) is 0 Å². The van der Waals surface area contributed by atoms with Crippen molar-refractivity contribution in [1.29, 1.82) is 0 Å². The summed E-state index contributed by atoms with van der Waals surface area (Å²) in [4.78, 5) is 11.5. The zero-order valence-electron chi connectivity index (χ0n) is 11.7. The summed E-state index contributed by atoms with van der Waals surface area (Å²) in [7, 11) is 0. The second-order valence-electron chi connectivity index (χ2n) is 4.90. The summed E-state index contributed by atoms with van der Waals surface area (Å²) < 4.78 is 2.10. The van der Waals surface area contributed by atoms with Gasteiger partial charge in [-0.25, -0.2) is 4.79 Å². The highest BCUT2D eigenvalue weighted by atomic mass is 16.4. The Balaban J connectivity index is 2.73. The molecule has 0 amide bonds. The molecule has 0 radical (unpaired) electrons. The summed E-state index contributed by atoms with van der Waals surface area (Å²) in [5.74, 6) is -0.894. The third kappa shape index (κ3) is 2.42. The minimum atomic E-state index is -0.894. The van der Waals surface area contributed by atoms with Crippen LogP contribution in [0.1, 0.15) is 28.0 Å². The molecule has 0 bridgehead atoms. The van der Waals surface area contributed by atoms with Crippen LogP contribution in [-0.2, 0) is 13.0 Å². The highest BCUT2D eigenvalue weighted by Crippen LogP contribution is 2.30. The standard InChI is InChI=1S/C15H21N3O2/c1-10-11(5-3-7-16)14-12(15(19)20)4-2-6-13(14)18(10)9-8-17/h2,4,6H,3,5,7-9,16-17H2,1H3,(H,19,20). The van der Waals surface area contributed by atoms with Gasteiger partial charge in [0.25, 0.3) is 0 Å². The van der Waals surface area contributed by atoms with Crippen LogP contribution in [0.4, 0.5) is 0 Å². The van der Waals surface area contributed by atoms with Crippen LogP contribution < -0.4 is 11.5 Å². The van der Waals surface area contributed by atoms with Crippen molar-refractivity contribution in [3.63, 3.8) is 0 Å². The molecule has 108 valence electrons. The number of carboxylic acids is 1. The van der Waals surface area contributed by atoms with Crippen LogP contribution in [0.25, 0.3) is 10.9 Å². The maximum atomic E-state index is 11.5. The van der Waals surface area contributed by atoms with Crippen molar-refractivity contribution in [2.75, 3.05) is 13.1 Å². The van der Waals surface area contributed by atoms with Gasteiger partial charge >= 0.3 is 5.97 Å². The van der Waals surface area contributed by atoms with E-state index in [1.807, 2.05) is 13.0 Å². The molecule has 0 unspecified atom stereocenters. The summed E-state index contributed by atoms with van der Waals surface area (Å²) >= 11 is 0. The van der Waals surface area contributed by atoms with Crippen LogP contribution in [0.2, 0.25) is 0 Å². The Labute approximate surface area is 118 Å². The van der Waals surface area contributed by atoms with Gasteiger partial charge in [0.15, 0.2) is 0 Å². The Morgan fingerprint density at radius 3 is 2.65 bits per heavy atom. The van der Waals surface area contributed by atoms with E-state index in [4.69, 9.17) is 11.5 Å². The highest BCUT2D eigenvalue weighted by Gasteiger charge is 2.19. The Kier molecular flexibility index (Phi) is 4.42. The topological polar surface area (TPSA) is 94.3 Å². The maximum Gasteiger partial charge on any atom is 0.336 e. The number of hydrogen-bond acceptors (Lipinski definition) is 3. The molecule has 1 aromatic carbocycles. The fourth-order valence-corrected chi connectivity index (χ4v) is 2.79. The Bertz CT molecular complexity index is 632. The van der Waals surface area contributed by atoms with Gasteiger partial charge in [-0.15, -0.1) is 0 Å². The van der Waals surface area contributed by atoms with Crippen molar-refractivity contribution in [1.82, 2.24) is 4.57 Å². The van der Waals surface area contributed by atoms with Crippen LogP contribution in [0.3, 0.4) is 0 Å². The minimum absolute atomic E-state index is 0.355. The van der Waals surface area contributed by atoms with E-state index >= 15 is 0 Å². The SMILES string of the molecule is Cc1c(CCCN)c2c(C(=O)O)cccc2n1CCN. The van der Waals surface area contributed by atoms with E-state index in [1.165, 1.54) is 0 Å². The molecule has 2 rings (SSSR count). The molecule has 0 fully saturated rings. The van der Waals surface area contributed by atoms with Crippen LogP contribution in [0, 0.1) is 6.92 Å². The number of benzene rings is 1. The summed E-state index contributed by atoms with van der Waals surface area (Å²) in [5, 5.41) is 10.2. The van der Waals surface area contributed by atoms with E-state index in [0.717, 1.165) is 35.0 Å². The van der Waals surface area contributed by atoms with Gasteiger partial charge in [0.2, 0.25) is 0 Å². The van der Waals surface area contributed by atoms with Crippen molar-refractivity contribution in [2.45, 2.75) is 26.3 Å². The molecule has 0 aliphatic carbocycles. The van der Waals surface area contributed by atoms with Crippen LogP contribution >= 0.6 is 0 Å². The second-order valence-corrected chi connectivity index (χ2v) is 4.90. The lowest BCUT2D eigenvalue weighted by Gasteiger charge is -2.06. The van der Waals surface area contributed by atoms with Crippen LogP contribution in [0.5, 0.6) is 0 Å². The molecule has 20 heavy (non-hydrogen) atoms. The second kappa shape index (κ2) is 6.07. The first kappa shape index (κ1) is 14.6. The first-order valence-corrected chi connectivity index (χ1v) is 6.86. The molecule has 5 N–H and O–H groups in total. The zero-order chi connectivity index (χ0) is 14.7. The fraction of sp³-hybridized carbons (Fsp3) is 0.400. The predicted molar refractivity (Wildman–Crippen MR) is 80.1 cm³/mol. The van der Waals surface area contributed by atoms with Gasteiger partial charge in [-0.05, 0) is 44.0 Å². The minimum Gasteiger partial charge on any atom is -0.478 e. The van der Waals surface area contributed by atoms with Crippen LogP contribution in [-0.4, -0.2) is 28.7 Å². The Hall–Kier alpha value is -1.85. The normalized spacial score (nSPS) is 11.2. The molecule has 0 aliphatic heterocycles. The summed E-state index contributed by atoms with van der Waals surface area (Å²) in [6.07, 6.45) is 1.64. The number of fused-ring (bicyclic) bond motifs is 1. The first-order valence-electron chi connectivity index (χ1n) is 6.86. The van der Waals surface area contributed by atoms with Gasteiger partial charge in [0.05, 0.1) is 5.56 Å². The van der Waals surface area contributed by atoms with Crippen molar-refractivity contribution < 1.29 is 9.90 Å². The molecule has 0 saturated carbocycles. The van der Waals surface area contributed by atoms with E-state index in [2.05, 4.69) is 4.57 Å². The molecule has 0 spiro atoms. The fourth-order valence-electron chi connectivity index (χ4n) is 2.79. The Morgan fingerprint density at radius 2 is 2.05 bits per heavy atom. The molecule has 0 aliphatic rings. The zero-order valence-corrected chi connectivity index (χ0v) is 11.7. The lowest BCUT2D eigenvalue weighted by atomic mass is 10.0. The number of carbonyl (C=O) groups is 1. The Morgan fingerprint density at radius 1 is 1.30 bits per heavy atom. The number of nitrogens with zero attached hydrogens (tertiary/aromatic N) is 1. The summed E-state index contributed by atoms with van der Waals surface area (Å²) in [6, 6.07) is 5.39. The maximum absolute atomic E-state index is 11.5. The molecule has 0 atom stereocenters. The van der Waals surface area contributed by atoms with Crippen molar-refractivity contribution in [3.8, 4) is 0 Å². The third-order valence-electron chi connectivity index (χ3n) is 3.69. The first-order chi connectivity index (χ1) is 9.61. The van der Waals surface area contributed by atoms with Gasteiger partial charge in [0.1, 0.15) is 0 Å². The van der Waals surface area contributed by atoms with Crippen molar-refractivity contribution >= 4 is 16.9 Å². The molecule has 0 saturated heterocycles. The molecule has 5 heteroatoms. The predicted octanol–water partition coefficient (Wildman–Crippen LogP) is 1.50. The average Bonchev–Trinajstić information content (AvgIpc) is 2.70. The monoisotopic (exact) mass is 275 g/mol. The number of aromatic nitrogens is 1. The summed E-state index contributed by atoms with van der Waals surface area (Å²) in [5.41, 5.74) is 14.7. The van der Waals surface area contributed by atoms with Crippen LogP contribution in [0.15, 0.2) is 18.2 Å². The third-order valence-corrected chi connectivity index (χ3v) is 3.69. The van der Waals surface area contributed by atoms with Gasteiger partial charge in [-0.3, -0.25) is 0 Å². The average molecular weight is 275 g/mol. The van der Waals surface area contributed by atoms with E-state index in [-0.39, 0.29) is 0 Å².